The first-order valence-corrected chi connectivity index (χ1v) is 5.06. The molecule has 1 unspecified atom stereocenters. The van der Waals surface area contributed by atoms with Crippen LogP contribution in [0.1, 0.15) is 26.7 Å². The second-order valence-electron chi connectivity index (χ2n) is 3.75. The predicted molar refractivity (Wildman–Crippen MR) is 58.5 cm³/mol. The minimum atomic E-state index is -0.120. The maximum atomic E-state index is 12.7. The average Bonchev–Trinajstić information content (AvgIpc) is 2.18. The molecular weight excluding hydrogens is 177 g/mol. The molecule has 14 heavy (non-hydrogen) atoms. The first kappa shape index (κ1) is 11.0. The van der Waals surface area contributed by atoms with Crippen LogP contribution in [0.4, 0.5) is 4.39 Å². The van der Waals surface area contributed by atoms with E-state index in [-0.39, 0.29) is 5.83 Å². The average molecular weight is 195 g/mol. The van der Waals surface area contributed by atoms with Gasteiger partial charge in [-0.15, -0.1) is 0 Å². The number of nitrogens with zero attached hydrogens (tertiary/aromatic N) is 1. The third-order valence-electron chi connectivity index (χ3n) is 2.54. The number of halogens is 1. The molecule has 0 spiro atoms. The van der Waals surface area contributed by atoms with Crippen molar-refractivity contribution in [2.24, 2.45) is 0 Å². The highest BCUT2D eigenvalue weighted by Crippen LogP contribution is 2.16. The quantitative estimate of drug-likeness (QED) is 0.667. The van der Waals surface area contributed by atoms with E-state index < -0.39 is 0 Å². The molecule has 0 aromatic heterocycles. The molecule has 0 heterocycles. The van der Waals surface area contributed by atoms with Crippen LogP contribution in [0.15, 0.2) is 35.8 Å². The first-order valence-electron chi connectivity index (χ1n) is 5.06. The van der Waals surface area contributed by atoms with E-state index in [2.05, 4.69) is 24.9 Å². The molecule has 0 saturated carbocycles. The Hall–Kier alpha value is -1.05. The summed E-state index contributed by atoms with van der Waals surface area (Å²) in [6, 6.07) is 0.302. The summed E-state index contributed by atoms with van der Waals surface area (Å²) >= 11 is 0. The number of likely N-dealkylation sites (N-methyl/N-ethyl adjacent to an activating group) is 1. The second-order valence-corrected chi connectivity index (χ2v) is 3.75. The molecule has 0 aliphatic heterocycles. The summed E-state index contributed by atoms with van der Waals surface area (Å²) in [5.41, 5.74) is 1.34. The largest absolute Gasteiger partial charge is 0.374 e. The summed E-state index contributed by atoms with van der Waals surface area (Å²) in [4.78, 5) is 2.14. The zero-order valence-electron chi connectivity index (χ0n) is 9.13. The van der Waals surface area contributed by atoms with E-state index in [1.165, 1.54) is 5.57 Å². The summed E-state index contributed by atoms with van der Waals surface area (Å²) in [7, 11) is 2.03. The van der Waals surface area contributed by atoms with Crippen LogP contribution in [0.25, 0.3) is 0 Å². The van der Waals surface area contributed by atoms with Crippen molar-refractivity contribution < 1.29 is 4.39 Å². The van der Waals surface area contributed by atoms with Gasteiger partial charge in [0, 0.05) is 7.05 Å². The van der Waals surface area contributed by atoms with Crippen LogP contribution in [0, 0.1) is 0 Å². The van der Waals surface area contributed by atoms with Gasteiger partial charge >= 0.3 is 0 Å². The molecule has 1 atom stereocenters. The molecule has 78 valence electrons. The summed E-state index contributed by atoms with van der Waals surface area (Å²) in [6.45, 7) is 4.25. The Bertz CT molecular complexity index is 276. The van der Waals surface area contributed by atoms with Crippen LogP contribution in [0.5, 0.6) is 0 Å². The fourth-order valence-corrected chi connectivity index (χ4v) is 1.42. The van der Waals surface area contributed by atoms with Crippen molar-refractivity contribution in [1.82, 2.24) is 4.90 Å². The molecule has 0 aromatic carbocycles. The molecule has 0 bridgehead atoms. The molecule has 0 amide bonds. The number of hydrogen-bond donors (Lipinski definition) is 0. The van der Waals surface area contributed by atoms with Gasteiger partial charge in [-0.25, -0.2) is 4.39 Å². The number of hydrogen-bond acceptors (Lipinski definition) is 1. The predicted octanol–water partition coefficient (Wildman–Crippen LogP) is 3.41. The van der Waals surface area contributed by atoms with Crippen LogP contribution in [0.3, 0.4) is 0 Å². The lowest BCUT2D eigenvalue weighted by Gasteiger charge is -2.25. The molecule has 1 rings (SSSR count). The monoisotopic (exact) mass is 195 g/mol. The molecule has 0 fully saturated rings. The maximum absolute atomic E-state index is 12.7. The third-order valence-corrected chi connectivity index (χ3v) is 2.54. The van der Waals surface area contributed by atoms with Gasteiger partial charge in [0.25, 0.3) is 0 Å². The lowest BCUT2D eigenvalue weighted by molar-refractivity contribution is 0.377. The highest BCUT2D eigenvalue weighted by Gasteiger charge is 2.11. The smallest absolute Gasteiger partial charge is 0.119 e. The first-order chi connectivity index (χ1) is 6.63. The Morgan fingerprint density at radius 1 is 1.71 bits per heavy atom. The van der Waals surface area contributed by atoms with Crippen molar-refractivity contribution in [3.63, 3.8) is 0 Å². The van der Waals surface area contributed by atoms with E-state index in [0.717, 1.165) is 12.8 Å². The zero-order chi connectivity index (χ0) is 10.6. The molecule has 2 heteroatoms. The van der Waals surface area contributed by atoms with Crippen LogP contribution in [-0.2, 0) is 0 Å². The molecule has 0 aromatic rings. The van der Waals surface area contributed by atoms with Crippen LogP contribution in [-0.4, -0.2) is 18.0 Å². The standard InChI is InChI=1S/C12H18FN/c1-4-10(2)9-14(3)12-7-5-11(13)6-8-12/h5-7,9,12H,4,8H2,1-3H3/b10-9+. The highest BCUT2D eigenvalue weighted by atomic mass is 19.1. The van der Waals surface area contributed by atoms with E-state index in [0.29, 0.717) is 6.04 Å². The molecule has 1 aliphatic rings. The molecule has 0 saturated heterocycles. The fraction of sp³-hybridized carbons (Fsp3) is 0.500. The fourth-order valence-electron chi connectivity index (χ4n) is 1.42. The minimum Gasteiger partial charge on any atom is -0.374 e. The zero-order valence-corrected chi connectivity index (χ0v) is 9.13. The highest BCUT2D eigenvalue weighted by molar-refractivity contribution is 5.20. The van der Waals surface area contributed by atoms with E-state index in [4.69, 9.17) is 0 Å². The van der Waals surface area contributed by atoms with Crippen molar-refractivity contribution in [3.8, 4) is 0 Å². The van der Waals surface area contributed by atoms with Gasteiger partial charge in [-0.05, 0) is 38.1 Å². The van der Waals surface area contributed by atoms with Gasteiger partial charge < -0.3 is 4.90 Å². The van der Waals surface area contributed by atoms with Gasteiger partial charge in [0.05, 0.1) is 6.04 Å². The Labute approximate surface area is 85.6 Å². The Morgan fingerprint density at radius 2 is 2.43 bits per heavy atom. The molecule has 0 radical (unpaired) electrons. The Morgan fingerprint density at radius 3 is 2.93 bits per heavy atom. The topological polar surface area (TPSA) is 3.24 Å². The van der Waals surface area contributed by atoms with Gasteiger partial charge in [-0.3, -0.25) is 0 Å². The van der Waals surface area contributed by atoms with Gasteiger partial charge in [0.1, 0.15) is 5.83 Å². The summed E-state index contributed by atoms with van der Waals surface area (Å²) in [5, 5.41) is 0. The van der Waals surface area contributed by atoms with Crippen LogP contribution >= 0.6 is 0 Å². The lowest BCUT2D eigenvalue weighted by Crippen LogP contribution is -2.25. The Balaban J connectivity index is 2.56. The van der Waals surface area contributed by atoms with Gasteiger partial charge in [0.2, 0.25) is 0 Å². The van der Waals surface area contributed by atoms with E-state index in [1.54, 1.807) is 12.2 Å². The lowest BCUT2D eigenvalue weighted by atomic mass is 10.1. The van der Waals surface area contributed by atoms with E-state index in [9.17, 15) is 4.39 Å². The normalized spacial score (nSPS) is 22.1. The van der Waals surface area contributed by atoms with Crippen LogP contribution < -0.4 is 0 Å². The van der Waals surface area contributed by atoms with E-state index >= 15 is 0 Å². The SMILES string of the molecule is CC/C(C)=C/N(C)C1C=CC(F)=CC1. The van der Waals surface area contributed by atoms with Gasteiger partial charge in [-0.2, -0.15) is 0 Å². The number of rotatable bonds is 3. The van der Waals surface area contributed by atoms with E-state index in [1.807, 2.05) is 13.1 Å². The van der Waals surface area contributed by atoms with Crippen molar-refractivity contribution in [3.05, 3.63) is 35.8 Å². The van der Waals surface area contributed by atoms with Crippen LogP contribution in [0.2, 0.25) is 0 Å². The van der Waals surface area contributed by atoms with Crippen molar-refractivity contribution in [2.75, 3.05) is 7.05 Å². The second kappa shape index (κ2) is 4.99. The molecule has 1 nitrogen and oxygen atoms in total. The molecular formula is C12H18FN. The summed E-state index contributed by atoms with van der Waals surface area (Å²) in [5.74, 6) is -0.120. The van der Waals surface area contributed by atoms with Crippen molar-refractivity contribution >= 4 is 0 Å². The van der Waals surface area contributed by atoms with Gasteiger partial charge in [0.15, 0.2) is 0 Å². The third kappa shape index (κ3) is 3.02. The van der Waals surface area contributed by atoms with Crippen molar-refractivity contribution in [2.45, 2.75) is 32.7 Å². The number of allylic oxidation sites excluding steroid dienone is 3. The van der Waals surface area contributed by atoms with Gasteiger partial charge in [-0.1, -0.05) is 18.6 Å². The van der Waals surface area contributed by atoms with Crippen molar-refractivity contribution in [1.29, 1.82) is 0 Å². The molecule has 0 N–H and O–H groups in total. The summed E-state index contributed by atoms with van der Waals surface area (Å²) in [6.07, 6.45) is 9.04. The summed E-state index contributed by atoms with van der Waals surface area (Å²) < 4.78 is 12.7. The maximum Gasteiger partial charge on any atom is 0.119 e. The molecule has 1 aliphatic carbocycles. The Kier molecular flexibility index (Phi) is 3.93. The minimum absolute atomic E-state index is 0.120.